The highest BCUT2D eigenvalue weighted by molar-refractivity contribution is 9.10. The van der Waals surface area contributed by atoms with E-state index < -0.39 is 11.4 Å². The van der Waals surface area contributed by atoms with Crippen molar-refractivity contribution in [3.63, 3.8) is 0 Å². The van der Waals surface area contributed by atoms with E-state index in [1.165, 1.54) is 0 Å². The molecule has 0 unspecified atom stereocenters. The molecule has 2 nitrogen and oxygen atoms in total. The summed E-state index contributed by atoms with van der Waals surface area (Å²) in [7, 11) is 0. The molecule has 0 spiro atoms. The molecule has 1 saturated carbocycles. The van der Waals surface area contributed by atoms with Gasteiger partial charge in [0.25, 0.3) is 0 Å². The first kappa shape index (κ1) is 9.99. The van der Waals surface area contributed by atoms with Crippen LogP contribution in [0.2, 0.25) is 5.02 Å². The number of rotatable bonds is 2. The fraction of sp³-hybridized carbons (Fsp3) is 0.300. The van der Waals surface area contributed by atoms with Gasteiger partial charge in [0.15, 0.2) is 0 Å². The molecule has 0 amide bonds. The molecular formula is C10H8BrClO2. The number of carbonyl (C=O) groups is 1. The normalized spacial score (nSPS) is 17.9. The van der Waals surface area contributed by atoms with Crippen LogP contribution in [-0.4, -0.2) is 11.1 Å². The zero-order chi connectivity index (χ0) is 10.3. The summed E-state index contributed by atoms with van der Waals surface area (Å²) < 4.78 is 0.795. The molecule has 2 rings (SSSR count). The van der Waals surface area contributed by atoms with Crippen molar-refractivity contribution in [1.82, 2.24) is 0 Å². The Morgan fingerprint density at radius 3 is 2.57 bits per heavy atom. The maximum Gasteiger partial charge on any atom is 0.314 e. The third-order valence-corrected chi connectivity index (χ3v) is 3.86. The highest BCUT2D eigenvalue weighted by atomic mass is 79.9. The number of carboxylic acids is 1. The molecule has 1 aromatic carbocycles. The van der Waals surface area contributed by atoms with Crippen LogP contribution in [-0.2, 0) is 10.2 Å². The largest absolute Gasteiger partial charge is 0.481 e. The summed E-state index contributed by atoms with van der Waals surface area (Å²) in [6.45, 7) is 0. The molecule has 0 aromatic heterocycles. The van der Waals surface area contributed by atoms with Gasteiger partial charge >= 0.3 is 5.97 Å². The van der Waals surface area contributed by atoms with Gasteiger partial charge in [0, 0.05) is 4.47 Å². The summed E-state index contributed by atoms with van der Waals surface area (Å²) >= 11 is 9.19. The van der Waals surface area contributed by atoms with Crippen LogP contribution in [0.4, 0.5) is 0 Å². The Bertz CT molecular complexity index is 399. The smallest absolute Gasteiger partial charge is 0.314 e. The average molecular weight is 276 g/mol. The second-order valence-corrected chi connectivity index (χ2v) is 4.78. The number of aliphatic carboxylic acids is 1. The monoisotopic (exact) mass is 274 g/mol. The fourth-order valence-corrected chi connectivity index (χ4v) is 1.97. The Morgan fingerprint density at radius 2 is 2.14 bits per heavy atom. The molecule has 1 fully saturated rings. The van der Waals surface area contributed by atoms with Gasteiger partial charge in [-0.05, 0) is 46.5 Å². The molecule has 1 aliphatic rings. The van der Waals surface area contributed by atoms with Crippen LogP contribution in [0.5, 0.6) is 0 Å². The highest BCUT2D eigenvalue weighted by Crippen LogP contribution is 2.49. The van der Waals surface area contributed by atoms with Crippen molar-refractivity contribution in [3.05, 3.63) is 33.3 Å². The zero-order valence-corrected chi connectivity index (χ0v) is 9.60. The van der Waals surface area contributed by atoms with Gasteiger partial charge in [-0.25, -0.2) is 0 Å². The lowest BCUT2D eigenvalue weighted by Crippen LogP contribution is -2.19. The molecule has 74 valence electrons. The first-order valence-corrected chi connectivity index (χ1v) is 5.42. The van der Waals surface area contributed by atoms with Crippen LogP contribution >= 0.6 is 27.5 Å². The lowest BCUT2D eigenvalue weighted by atomic mass is 9.96. The standard InChI is InChI=1S/C10H8BrClO2/c11-7-2-1-6(5-8(7)12)10(3-4-10)9(13)14/h1-2,5H,3-4H2,(H,13,14). The summed E-state index contributed by atoms with van der Waals surface area (Å²) in [5.41, 5.74) is 0.142. The second kappa shape index (κ2) is 3.24. The van der Waals surface area contributed by atoms with Gasteiger partial charge in [0.1, 0.15) is 0 Å². The molecule has 1 aromatic rings. The van der Waals surface area contributed by atoms with E-state index in [4.69, 9.17) is 16.7 Å². The summed E-state index contributed by atoms with van der Waals surface area (Å²) in [5, 5.41) is 9.63. The van der Waals surface area contributed by atoms with Crippen LogP contribution in [0.15, 0.2) is 22.7 Å². The van der Waals surface area contributed by atoms with Crippen LogP contribution in [0.3, 0.4) is 0 Å². The van der Waals surface area contributed by atoms with Gasteiger partial charge in [0.2, 0.25) is 0 Å². The van der Waals surface area contributed by atoms with E-state index in [-0.39, 0.29) is 0 Å². The Balaban J connectivity index is 2.43. The number of halogens is 2. The van der Waals surface area contributed by atoms with Gasteiger partial charge < -0.3 is 5.11 Å². The van der Waals surface area contributed by atoms with E-state index in [2.05, 4.69) is 15.9 Å². The van der Waals surface area contributed by atoms with Crippen molar-refractivity contribution in [2.75, 3.05) is 0 Å². The lowest BCUT2D eigenvalue weighted by molar-refractivity contribution is -0.140. The minimum atomic E-state index is -0.754. The first-order valence-electron chi connectivity index (χ1n) is 4.25. The van der Waals surface area contributed by atoms with Crippen LogP contribution in [0, 0.1) is 0 Å². The third-order valence-electron chi connectivity index (χ3n) is 2.63. The minimum Gasteiger partial charge on any atom is -0.481 e. The van der Waals surface area contributed by atoms with Gasteiger partial charge in [-0.3, -0.25) is 4.79 Å². The van der Waals surface area contributed by atoms with Crippen molar-refractivity contribution in [2.45, 2.75) is 18.3 Å². The van der Waals surface area contributed by atoms with E-state index in [0.717, 1.165) is 10.0 Å². The van der Waals surface area contributed by atoms with E-state index >= 15 is 0 Å². The van der Waals surface area contributed by atoms with Gasteiger partial charge in [0.05, 0.1) is 10.4 Å². The van der Waals surface area contributed by atoms with Crippen molar-refractivity contribution < 1.29 is 9.90 Å². The summed E-state index contributed by atoms with van der Waals surface area (Å²) in [4.78, 5) is 11.0. The maximum atomic E-state index is 11.0. The van der Waals surface area contributed by atoms with Crippen LogP contribution in [0.1, 0.15) is 18.4 Å². The highest BCUT2D eigenvalue weighted by Gasteiger charge is 2.51. The molecule has 14 heavy (non-hydrogen) atoms. The topological polar surface area (TPSA) is 37.3 Å². The van der Waals surface area contributed by atoms with E-state index in [9.17, 15) is 4.79 Å². The Kier molecular flexibility index (Phi) is 2.32. The van der Waals surface area contributed by atoms with E-state index in [1.54, 1.807) is 12.1 Å². The van der Waals surface area contributed by atoms with Crippen molar-refractivity contribution >= 4 is 33.5 Å². The third kappa shape index (κ3) is 1.44. The minimum absolute atomic E-state index is 0.565. The maximum absolute atomic E-state index is 11.0. The molecule has 1 N–H and O–H groups in total. The molecule has 4 heteroatoms. The molecule has 1 aliphatic carbocycles. The lowest BCUT2D eigenvalue weighted by Gasteiger charge is -2.10. The molecule has 0 radical (unpaired) electrons. The number of carboxylic acid groups (broad SMARTS) is 1. The quantitative estimate of drug-likeness (QED) is 0.900. The number of benzene rings is 1. The van der Waals surface area contributed by atoms with Gasteiger partial charge in [-0.1, -0.05) is 17.7 Å². The van der Waals surface area contributed by atoms with Crippen LogP contribution in [0.25, 0.3) is 0 Å². The van der Waals surface area contributed by atoms with Gasteiger partial charge in [-0.15, -0.1) is 0 Å². The molecule has 0 bridgehead atoms. The SMILES string of the molecule is O=C(O)C1(c2ccc(Br)c(Cl)c2)CC1. The summed E-state index contributed by atoms with van der Waals surface area (Å²) in [6, 6.07) is 5.34. The predicted molar refractivity (Wildman–Crippen MR) is 57.7 cm³/mol. The first-order chi connectivity index (χ1) is 6.56. The molecule has 0 atom stereocenters. The van der Waals surface area contributed by atoms with E-state index in [0.29, 0.717) is 17.9 Å². The molecule has 0 saturated heterocycles. The Morgan fingerprint density at radius 1 is 1.50 bits per heavy atom. The summed E-state index contributed by atoms with van der Waals surface area (Å²) in [6.07, 6.45) is 1.42. The Labute approximate surface area is 95.0 Å². The van der Waals surface area contributed by atoms with Crippen molar-refractivity contribution in [2.24, 2.45) is 0 Å². The van der Waals surface area contributed by atoms with Gasteiger partial charge in [-0.2, -0.15) is 0 Å². The summed E-state index contributed by atoms with van der Waals surface area (Å²) in [5.74, 6) is -0.754. The Hall–Kier alpha value is -0.540. The van der Waals surface area contributed by atoms with Crippen molar-refractivity contribution in [3.8, 4) is 0 Å². The molecule has 0 aliphatic heterocycles. The molecule has 0 heterocycles. The van der Waals surface area contributed by atoms with E-state index in [1.807, 2.05) is 6.07 Å². The molecular weight excluding hydrogens is 267 g/mol. The second-order valence-electron chi connectivity index (χ2n) is 3.52. The number of hydrogen-bond donors (Lipinski definition) is 1. The van der Waals surface area contributed by atoms with Crippen molar-refractivity contribution in [1.29, 1.82) is 0 Å². The zero-order valence-electron chi connectivity index (χ0n) is 7.26. The predicted octanol–water partition coefficient (Wildman–Crippen LogP) is 3.22. The average Bonchev–Trinajstić information content (AvgIpc) is 2.90. The van der Waals surface area contributed by atoms with Crippen LogP contribution < -0.4 is 0 Å². The fourth-order valence-electron chi connectivity index (χ4n) is 1.54. The number of hydrogen-bond acceptors (Lipinski definition) is 1.